The maximum absolute atomic E-state index is 15.7. The number of aryl methyl sites for hydroxylation is 3. The van der Waals surface area contributed by atoms with E-state index in [1.807, 2.05) is 19.9 Å². The highest BCUT2D eigenvalue weighted by Gasteiger charge is 2.32. The van der Waals surface area contributed by atoms with Gasteiger partial charge in [-0.25, -0.2) is 13.8 Å². The van der Waals surface area contributed by atoms with Gasteiger partial charge in [-0.1, -0.05) is 19.9 Å². The zero-order chi connectivity index (χ0) is 34.7. The lowest BCUT2D eigenvalue weighted by atomic mass is 9.90. The number of anilines is 1. The number of aromatic nitrogens is 1. The number of nitrogens with zero attached hydrogens (tertiary/aromatic N) is 3. The Labute approximate surface area is 280 Å². The van der Waals surface area contributed by atoms with Crippen LogP contribution in [0.4, 0.5) is 14.6 Å². The summed E-state index contributed by atoms with van der Waals surface area (Å²) in [6.45, 7) is 12.4. The number of hydrogen-bond donors (Lipinski definition) is 3. The van der Waals surface area contributed by atoms with E-state index in [-0.39, 0.29) is 29.2 Å². The van der Waals surface area contributed by atoms with E-state index in [0.717, 1.165) is 26.2 Å². The molecular formula is C37H45F2N5O4. The summed E-state index contributed by atoms with van der Waals surface area (Å²) in [7, 11) is 0. The van der Waals surface area contributed by atoms with Gasteiger partial charge in [0.25, 0.3) is 5.91 Å². The van der Waals surface area contributed by atoms with Crippen molar-refractivity contribution in [2.45, 2.75) is 78.4 Å². The number of piperazine rings is 1. The lowest BCUT2D eigenvalue weighted by molar-refractivity contribution is -0.137. The lowest BCUT2D eigenvalue weighted by Crippen LogP contribution is -2.49. The summed E-state index contributed by atoms with van der Waals surface area (Å²) in [6, 6.07) is 9.58. The first kappa shape index (κ1) is 34.9. The summed E-state index contributed by atoms with van der Waals surface area (Å²) in [5.41, 5.74) is 2.97. The van der Waals surface area contributed by atoms with Crippen LogP contribution >= 0.6 is 0 Å². The fourth-order valence-corrected chi connectivity index (χ4v) is 6.66. The number of carboxylic acid groups (broad SMARTS) is 1. The molecule has 11 heteroatoms. The molecule has 1 saturated heterocycles. The smallest absolute Gasteiger partial charge is 0.305 e. The number of hydrogen-bond acceptors (Lipinski definition) is 6. The van der Waals surface area contributed by atoms with Gasteiger partial charge in [-0.2, -0.15) is 0 Å². The van der Waals surface area contributed by atoms with Crippen LogP contribution in [0, 0.1) is 38.3 Å². The number of aliphatic carboxylic acids is 1. The van der Waals surface area contributed by atoms with Crippen molar-refractivity contribution in [2.24, 2.45) is 5.92 Å². The standard InChI is InChI=1S/C37H45F2N5O4/c1-21(2)15-31(42-36(47)29-7-6-8-32(40-29)44-13-11-43(12-14-44)27-9-10-27)37(48)41-30(20-33(45)46)28-19-25(16-24(5)35(28)39)34-22(3)17-26(38)18-23(34)4/h6-8,16-19,21,27,30-31H,9-15,20H2,1-5H3,(H,41,48)(H,42,47)(H,45,46)/t30-,31-/m0/s1. The van der Waals surface area contributed by atoms with Crippen molar-refractivity contribution < 1.29 is 28.3 Å². The summed E-state index contributed by atoms with van der Waals surface area (Å²) >= 11 is 0. The maximum atomic E-state index is 15.7. The van der Waals surface area contributed by atoms with E-state index in [1.54, 1.807) is 39.0 Å². The first-order valence-electron chi connectivity index (χ1n) is 16.7. The van der Waals surface area contributed by atoms with Gasteiger partial charge in [0.15, 0.2) is 0 Å². The number of amides is 2. The molecule has 9 nitrogen and oxygen atoms in total. The van der Waals surface area contributed by atoms with Gasteiger partial charge in [0.1, 0.15) is 29.2 Å². The number of carbonyl (C=O) groups excluding carboxylic acids is 2. The van der Waals surface area contributed by atoms with Crippen molar-refractivity contribution in [1.82, 2.24) is 20.5 Å². The van der Waals surface area contributed by atoms with Crippen LogP contribution in [0.1, 0.15) is 78.3 Å². The van der Waals surface area contributed by atoms with Crippen LogP contribution in [0.5, 0.6) is 0 Å². The molecule has 2 heterocycles. The Morgan fingerprint density at radius 2 is 1.60 bits per heavy atom. The molecule has 1 aliphatic heterocycles. The molecule has 256 valence electrons. The predicted octanol–water partition coefficient (Wildman–Crippen LogP) is 5.71. The molecule has 2 amide bonds. The second kappa shape index (κ2) is 14.8. The fourth-order valence-electron chi connectivity index (χ4n) is 6.66. The molecule has 3 N–H and O–H groups in total. The number of carbonyl (C=O) groups is 3. The largest absolute Gasteiger partial charge is 0.481 e. The number of pyridine rings is 1. The van der Waals surface area contributed by atoms with Crippen LogP contribution in [-0.4, -0.2) is 71.0 Å². The summed E-state index contributed by atoms with van der Waals surface area (Å²) in [4.78, 5) is 48.5. The summed E-state index contributed by atoms with van der Waals surface area (Å²) < 4.78 is 29.8. The highest BCUT2D eigenvalue weighted by molar-refractivity contribution is 5.96. The van der Waals surface area contributed by atoms with E-state index in [0.29, 0.717) is 34.1 Å². The van der Waals surface area contributed by atoms with Gasteiger partial charge in [-0.3, -0.25) is 19.3 Å². The monoisotopic (exact) mass is 661 g/mol. The minimum Gasteiger partial charge on any atom is -0.481 e. The molecule has 1 saturated carbocycles. The average molecular weight is 662 g/mol. The summed E-state index contributed by atoms with van der Waals surface area (Å²) in [5, 5.41) is 15.3. The Kier molecular flexibility index (Phi) is 10.8. The highest BCUT2D eigenvalue weighted by Crippen LogP contribution is 2.34. The lowest BCUT2D eigenvalue weighted by Gasteiger charge is -2.35. The normalized spacial score (nSPS) is 16.5. The predicted molar refractivity (Wildman–Crippen MR) is 181 cm³/mol. The van der Waals surface area contributed by atoms with Crippen molar-refractivity contribution >= 4 is 23.6 Å². The summed E-state index contributed by atoms with van der Waals surface area (Å²) in [6.07, 6.45) is 2.18. The van der Waals surface area contributed by atoms with E-state index < -0.39 is 47.9 Å². The van der Waals surface area contributed by atoms with Crippen LogP contribution in [-0.2, 0) is 9.59 Å². The minimum atomic E-state index is -1.24. The van der Waals surface area contributed by atoms with Gasteiger partial charge in [0, 0.05) is 37.8 Å². The van der Waals surface area contributed by atoms with Crippen LogP contribution < -0.4 is 15.5 Å². The second-order valence-electron chi connectivity index (χ2n) is 13.6. The van der Waals surface area contributed by atoms with E-state index >= 15 is 4.39 Å². The number of halogens is 2. The van der Waals surface area contributed by atoms with Gasteiger partial charge >= 0.3 is 5.97 Å². The molecule has 2 aromatic carbocycles. The molecule has 5 rings (SSSR count). The highest BCUT2D eigenvalue weighted by atomic mass is 19.1. The molecule has 0 spiro atoms. The molecular weight excluding hydrogens is 616 g/mol. The maximum Gasteiger partial charge on any atom is 0.305 e. The first-order chi connectivity index (χ1) is 22.8. The third-order valence-electron chi connectivity index (χ3n) is 9.14. The van der Waals surface area contributed by atoms with Gasteiger partial charge in [-0.05, 0) is 110 Å². The molecule has 0 radical (unpaired) electrons. The van der Waals surface area contributed by atoms with E-state index in [1.165, 1.54) is 31.0 Å². The Morgan fingerprint density at radius 3 is 2.21 bits per heavy atom. The van der Waals surface area contributed by atoms with Gasteiger partial charge in [-0.15, -0.1) is 0 Å². The molecule has 2 atom stereocenters. The molecule has 3 aromatic rings. The quantitative estimate of drug-likeness (QED) is 0.228. The SMILES string of the molecule is Cc1cc(-c2c(C)cc(F)cc2C)cc([C@H](CC(=O)O)NC(=O)[C@H](CC(C)C)NC(=O)c2cccc(N3CCN(C4CC4)CC3)n2)c1F. The number of nitrogens with one attached hydrogen (secondary N) is 2. The van der Waals surface area contributed by atoms with Crippen molar-refractivity contribution in [3.05, 3.63) is 82.0 Å². The number of carboxylic acids is 1. The molecule has 2 aliphatic rings. The van der Waals surface area contributed by atoms with Crippen LogP contribution in [0.15, 0.2) is 42.5 Å². The van der Waals surface area contributed by atoms with E-state index in [9.17, 15) is 23.9 Å². The zero-order valence-corrected chi connectivity index (χ0v) is 28.3. The molecule has 0 unspecified atom stereocenters. The third-order valence-corrected chi connectivity index (χ3v) is 9.14. The number of benzene rings is 2. The van der Waals surface area contributed by atoms with E-state index in [4.69, 9.17) is 0 Å². The van der Waals surface area contributed by atoms with Crippen molar-refractivity contribution in [1.29, 1.82) is 0 Å². The van der Waals surface area contributed by atoms with Gasteiger partial charge < -0.3 is 20.6 Å². The Balaban J connectivity index is 1.37. The van der Waals surface area contributed by atoms with Gasteiger partial charge in [0.2, 0.25) is 5.91 Å². The average Bonchev–Trinajstić information content (AvgIpc) is 3.87. The van der Waals surface area contributed by atoms with E-state index in [2.05, 4.69) is 25.4 Å². The Bertz CT molecular complexity index is 1660. The van der Waals surface area contributed by atoms with Crippen LogP contribution in [0.25, 0.3) is 11.1 Å². The molecule has 0 bridgehead atoms. The molecule has 48 heavy (non-hydrogen) atoms. The topological polar surface area (TPSA) is 115 Å². The molecule has 1 aliphatic carbocycles. The Hall–Kier alpha value is -4.38. The third kappa shape index (κ3) is 8.36. The fraction of sp³-hybridized carbons (Fsp3) is 0.459. The minimum absolute atomic E-state index is 0.00495. The van der Waals surface area contributed by atoms with Crippen LogP contribution in [0.2, 0.25) is 0 Å². The van der Waals surface area contributed by atoms with Crippen molar-refractivity contribution in [3.8, 4) is 11.1 Å². The molecule has 2 fully saturated rings. The number of rotatable bonds is 12. The van der Waals surface area contributed by atoms with Crippen molar-refractivity contribution in [3.63, 3.8) is 0 Å². The first-order valence-corrected chi connectivity index (χ1v) is 16.7. The van der Waals surface area contributed by atoms with Gasteiger partial charge in [0.05, 0.1) is 12.5 Å². The summed E-state index contributed by atoms with van der Waals surface area (Å²) in [5.74, 6) is -2.75. The van der Waals surface area contributed by atoms with Crippen molar-refractivity contribution in [2.75, 3.05) is 31.1 Å². The molecule has 1 aromatic heterocycles. The Morgan fingerprint density at radius 1 is 0.938 bits per heavy atom. The zero-order valence-electron chi connectivity index (χ0n) is 28.3. The van der Waals surface area contributed by atoms with Crippen LogP contribution in [0.3, 0.4) is 0 Å². The second-order valence-corrected chi connectivity index (χ2v) is 13.6.